The molecule has 0 bridgehead atoms. The van der Waals surface area contributed by atoms with Gasteiger partial charge in [0.1, 0.15) is 6.07 Å². The normalized spacial score (nSPS) is 23.8. The molecule has 3 rings (SSSR count). The number of hydrogen-bond donors (Lipinski definition) is 2. The standard InChI is InChI=1S/C14H18N4/c15-8-10-2-1-3-13(14(10)16)17-11-6-7-18(9-11)12-4-5-12/h1-3,11-12,17H,4-7,9,16H2. The van der Waals surface area contributed by atoms with Crippen molar-refractivity contribution in [2.75, 3.05) is 24.1 Å². The maximum absolute atomic E-state index is 8.96. The summed E-state index contributed by atoms with van der Waals surface area (Å²) in [4.78, 5) is 2.56. The Kier molecular flexibility index (Phi) is 2.85. The first kappa shape index (κ1) is 11.4. The molecular weight excluding hydrogens is 224 g/mol. The highest BCUT2D eigenvalue weighted by Gasteiger charge is 2.34. The SMILES string of the molecule is N#Cc1cccc(NC2CCN(C3CC3)C2)c1N. The van der Waals surface area contributed by atoms with Gasteiger partial charge in [0.05, 0.1) is 16.9 Å². The molecule has 18 heavy (non-hydrogen) atoms. The third-order valence-electron chi connectivity index (χ3n) is 3.87. The molecule has 0 amide bonds. The summed E-state index contributed by atoms with van der Waals surface area (Å²) in [6.07, 6.45) is 3.88. The quantitative estimate of drug-likeness (QED) is 0.793. The molecule has 3 N–H and O–H groups in total. The molecule has 0 spiro atoms. The van der Waals surface area contributed by atoms with Crippen LogP contribution in [0.3, 0.4) is 0 Å². The summed E-state index contributed by atoms with van der Waals surface area (Å²) in [7, 11) is 0. The molecule has 1 aromatic carbocycles. The lowest BCUT2D eigenvalue weighted by atomic mass is 10.1. The van der Waals surface area contributed by atoms with Gasteiger partial charge in [-0.15, -0.1) is 0 Å². The van der Waals surface area contributed by atoms with Gasteiger partial charge in [-0.25, -0.2) is 0 Å². The van der Waals surface area contributed by atoms with Gasteiger partial charge in [-0.05, 0) is 31.4 Å². The average Bonchev–Trinajstić information content (AvgIpc) is 3.13. The fourth-order valence-corrected chi connectivity index (χ4v) is 2.68. The number of hydrogen-bond acceptors (Lipinski definition) is 4. The topological polar surface area (TPSA) is 65.1 Å². The number of nitriles is 1. The van der Waals surface area contributed by atoms with Crippen molar-refractivity contribution in [1.82, 2.24) is 4.90 Å². The number of para-hydroxylation sites is 1. The zero-order valence-electron chi connectivity index (χ0n) is 10.4. The lowest BCUT2D eigenvalue weighted by molar-refractivity contribution is 0.326. The minimum absolute atomic E-state index is 0.460. The van der Waals surface area contributed by atoms with Gasteiger partial charge in [-0.3, -0.25) is 4.90 Å². The van der Waals surface area contributed by atoms with Crippen LogP contribution in [0.1, 0.15) is 24.8 Å². The Morgan fingerprint density at radius 2 is 2.17 bits per heavy atom. The van der Waals surface area contributed by atoms with E-state index in [4.69, 9.17) is 11.0 Å². The molecule has 1 aliphatic heterocycles. The van der Waals surface area contributed by atoms with Gasteiger partial charge in [0.25, 0.3) is 0 Å². The molecule has 2 aliphatic rings. The van der Waals surface area contributed by atoms with Crippen LogP contribution in [0.4, 0.5) is 11.4 Å². The Bertz CT molecular complexity index is 487. The summed E-state index contributed by atoms with van der Waals surface area (Å²) in [5.74, 6) is 0. The van der Waals surface area contributed by atoms with E-state index in [0.717, 1.165) is 24.7 Å². The molecule has 4 nitrogen and oxygen atoms in total. The van der Waals surface area contributed by atoms with Crippen molar-refractivity contribution in [2.24, 2.45) is 0 Å². The molecule has 1 heterocycles. The molecule has 2 fully saturated rings. The van der Waals surface area contributed by atoms with Crippen LogP contribution in [-0.2, 0) is 0 Å². The first-order valence-electron chi connectivity index (χ1n) is 6.57. The number of nitrogens with one attached hydrogen (secondary N) is 1. The number of anilines is 2. The van der Waals surface area contributed by atoms with E-state index >= 15 is 0 Å². The summed E-state index contributed by atoms with van der Waals surface area (Å²) < 4.78 is 0. The fraction of sp³-hybridized carbons (Fsp3) is 0.500. The lowest BCUT2D eigenvalue weighted by Gasteiger charge is -2.18. The molecule has 94 valence electrons. The zero-order chi connectivity index (χ0) is 12.5. The van der Waals surface area contributed by atoms with Crippen molar-refractivity contribution in [2.45, 2.75) is 31.3 Å². The van der Waals surface area contributed by atoms with Crippen molar-refractivity contribution >= 4 is 11.4 Å². The zero-order valence-corrected chi connectivity index (χ0v) is 10.4. The first-order valence-corrected chi connectivity index (χ1v) is 6.57. The molecule has 4 heteroatoms. The maximum atomic E-state index is 8.96. The average molecular weight is 242 g/mol. The van der Waals surface area contributed by atoms with Gasteiger partial charge >= 0.3 is 0 Å². The van der Waals surface area contributed by atoms with Crippen LogP contribution in [0.15, 0.2) is 18.2 Å². The van der Waals surface area contributed by atoms with Gasteiger partial charge in [0.15, 0.2) is 0 Å². The Hall–Kier alpha value is -1.73. The predicted octanol–water partition coefficient (Wildman–Crippen LogP) is 1.79. The lowest BCUT2D eigenvalue weighted by Crippen LogP contribution is -2.28. The van der Waals surface area contributed by atoms with Crippen LogP contribution in [0.5, 0.6) is 0 Å². The molecule has 0 radical (unpaired) electrons. The highest BCUT2D eigenvalue weighted by Crippen LogP contribution is 2.31. The van der Waals surface area contributed by atoms with Gasteiger partial charge in [0.2, 0.25) is 0 Å². The predicted molar refractivity (Wildman–Crippen MR) is 72.2 cm³/mol. The van der Waals surface area contributed by atoms with Crippen LogP contribution in [0.2, 0.25) is 0 Å². The highest BCUT2D eigenvalue weighted by molar-refractivity contribution is 5.73. The monoisotopic (exact) mass is 242 g/mol. The van der Waals surface area contributed by atoms with Crippen LogP contribution in [-0.4, -0.2) is 30.1 Å². The Balaban J connectivity index is 1.68. The first-order chi connectivity index (χ1) is 8.78. The minimum Gasteiger partial charge on any atom is -0.396 e. The van der Waals surface area contributed by atoms with E-state index in [0.29, 0.717) is 17.3 Å². The third kappa shape index (κ3) is 2.14. The Morgan fingerprint density at radius 3 is 2.89 bits per heavy atom. The second-order valence-corrected chi connectivity index (χ2v) is 5.23. The Morgan fingerprint density at radius 1 is 1.33 bits per heavy atom. The number of benzene rings is 1. The molecule has 1 saturated heterocycles. The molecule has 1 atom stereocenters. The molecule has 1 aromatic rings. The summed E-state index contributed by atoms with van der Waals surface area (Å²) >= 11 is 0. The molecular formula is C14H18N4. The fourth-order valence-electron chi connectivity index (χ4n) is 2.68. The second-order valence-electron chi connectivity index (χ2n) is 5.23. The smallest absolute Gasteiger partial charge is 0.101 e. The molecule has 1 aliphatic carbocycles. The largest absolute Gasteiger partial charge is 0.396 e. The molecule has 0 aromatic heterocycles. The molecule has 1 unspecified atom stereocenters. The number of rotatable bonds is 3. The van der Waals surface area contributed by atoms with Crippen molar-refractivity contribution < 1.29 is 0 Å². The van der Waals surface area contributed by atoms with Gasteiger partial charge in [-0.2, -0.15) is 5.26 Å². The summed E-state index contributed by atoms with van der Waals surface area (Å²) in [6.45, 7) is 2.28. The van der Waals surface area contributed by atoms with Crippen LogP contribution in [0, 0.1) is 11.3 Å². The van der Waals surface area contributed by atoms with Gasteiger partial charge in [0, 0.05) is 25.2 Å². The van der Waals surface area contributed by atoms with E-state index in [1.807, 2.05) is 12.1 Å². The van der Waals surface area contributed by atoms with Gasteiger partial charge in [-0.1, -0.05) is 6.07 Å². The number of nitrogen functional groups attached to an aromatic ring is 1. The second kappa shape index (κ2) is 4.51. The van der Waals surface area contributed by atoms with E-state index < -0.39 is 0 Å². The van der Waals surface area contributed by atoms with Crippen molar-refractivity contribution in [3.05, 3.63) is 23.8 Å². The summed E-state index contributed by atoms with van der Waals surface area (Å²) in [6, 6.07) is 9.00. The van der Waals surface area contributed by atoms with Gasteiger partial charge < -0.3 is 11.1 Å². The van der Waals surface area contributed by atoms with E-state index in [1.165, 1.54) is 19.4 Å². The van der Waals surface area contributed by atoms with Crippen molar-refractivity contribution in [3.8, 4) is 6.07 Å². The van der Waals surface area contributed by atoms with Crippen molar-refractivity contribution in [3.63, 3.8) is 0 Å². The number of nitrogens with two attached hydrogens (primary N) is 1. The molecule has 1 saturated carbocycles. The van der Waals surface area contributed by atoms with Crippen LogP contribution < -0.4 is 11.1 Å². The van der Waals surface area contributed by atoms with Crippen LogP contribution in [0.25, 0.3) is 0 Å². The number of nitrogens with zero attached hydrogens (tertiary/aromatic N) is 2. The maximum Gasteiger partial charge on any atom is 0.101 e. The minimum atomic E-state index is 0.460. The summed E-state index contributed by atoms with van der Waals surface area (Å²) in [5, 5.41) is 12.4. The van der Waals surface area contributed by atoms with E-state index in [-0.39, 0.29) is 0 Å². The number of likely N-dealkylation sites (tertiary alicyclic amines) is 1. The highest BCUT2D eigenvalue weighted by atomic mass is 15.2. The van der Waals surface area contributed by atoms with E-state index in [2.05, 4.69) is 16.3 Å². The third-order valence-corrected chi connectivity index (χ3v) is 3.87. The van der Waals surface area contributed by atoms with E-state index in [9.17, 15) is 0 Å². The van der Waals surface area contributed by atoms with Crippen LogP contribution >= 0.6 is 0 Å². The Labute approximate surface area is 107 Å². The van der Waals surface area contributed by atoms with E-state index in [1.54, 1.807) is 6.07 Å². The summed E-state index contributed by atoms with van der Waals surface area (Å²) in [5.41, 5.74) is 8.01. The van der Waals surface area contributed by atoms with Crippen molar-refractivity contribution in [1.29, 1.82) is 5.26 Å².